The molecule has 3 heteroatoms. The molecule has 1 atom stereocenters. The van der Waals surface area contributed by atoms with Gasteiger partial charge < -0.3 is 10.1 Å². The molecule has 0 saturated carbocycles. The average molecular weight is 241 g/mol. The van der Waals surface area contributed by atoms with Gasteiger partial charge in [-0.25, -0.2) is 0 Å². The van der Waals surface area contributed by atoms with Crippen molar-refractivity contribution in [2.24, 2.45) is 5.92 Å². The van der Waals surface area contributed by atoms with E-state index in [1.54, 1.807) is 11.3 Å². The molecule has 0 fully saturated rings. The highest BCUT2D eigenvalue weighted by atomic mass is 32.1. The molecule has 1 aromatic rings. The average Bonchev–Trinajstić information content (AvgIpc) is 2.75. The maximum absolute atomic E-state index is 5.68. The van der Waals surface area contributed by atoms with E-state index in [1.807, 2.05) is 0 Å². The Kier molecular flexibility index (Phi) is 6.69. The fourth-order valence-corrected chi connectivity index (χ4v) is 2.01. The van der Waals surface area contributed by atoms with E-state index in [0.29, 0.717) is 12.0 Å². The number of ether oxygens (including phenoxy) is 1. The first kappa shape index (κ1) is 13.7. The van der Waals surface area contributed by atoms with Gasteiger partial charge in [-0.2, -0.15) is 11.3 Å². The van der Waals surface area contributed by atoms with Crippen LogP contribution in [0.1, 0.15) is 26.3 Å². The molecule has 92 valence electrons. The van der Waals surface area contributed by atoms with E-state index in [0.717, 1.165) is 26.1 Å². The van der Waals surface area contributed by atoms with E-state index in [9.17, 15) is 0 Å². The van der Waals surface area contributed by atoms with Gasteiger partial charge in [-0.05, 0) is 48.2 Å². The molecule has 2 nitrogen and oxygen atoms in total. The lowest BCUT2D eigenvalue weighted by Crippen LogP contribution is -2.25. The quantitative estimate of drug-likeness (QED) is 0.707. The van der Waals surface area contributed by atoms with Crippen molar-refractivity contribution in [3.05, 3.63) is 22.4 Å². The van der Waals surface area contributed by atoms with Crippen molar-refractivity contribution in [3.63, 3.8) is 0 Å². The normalized spacial score (nSPS) is 13.2. The van der Waals surface area contributed by atoms with Gasteiger partial charge >= 0.3 is 0 Å². The highest BCUT2D eigenvalue weighted by molar-refractivity contribution is 7.07. The minimum Gasteiger partial charge on any atom is -0.377 e. The monoisotopic (exact) mass is 241 g/mol. The molecule has 0 amide bonds. The lowest BCUT2D eigenvalue weighted by Gasteiger charge is -2.16. The zero-order valence-electron chi connectivity index (χ0n) is 10.5. The topological polar surface area (TPSA) is 21.3 Å². The Balaban J connectivity index is 1.92. The van der Waals surface area contributed by atoms with E-state index in [-0.39, 0.29) is 0 Å². The van der Waals surface area contributed by atoms with Crippen LogP contribution in [0.5, 0.6) is 0 Å². The van der Waals surface area contributed by atoms with Crippen molar-refractivity contribution in [1.82, 2.24) is 5.32 Å². The van der Waals surface area contributed by atoms with Crippen LogP contribution in [0.15, 0.2) is 16.8 Å². The van der Waals surface area contributed by atoms with Crippen LogP contribution in [0.3, 0.4) is 0 Å². The molecule has 1 heterocycles. The molecule has 0 radical (unpaired) electrons. The maximum Gasteiger partial charge on any atom is 0.0594 e. The van der Waals surface area contributed by atoms with Crippen LogP contribution in [0.25, 0.3) is 0 Å². The van der Waals surface area contributed by atoms with E-state index < -0.39 is 0 Å². The fraction of sp³-hybridized carbons (Fsp3) is 0.692. The van der Waals surface area contributed by atoms with Crippen molar-refractivity contribution < 1.29 is 4.74 Å². The van der Waals surface area contributed by atoms with Gasteiger partial charge in [-0.1, -0.05) is 13.8 Å². The van der Waals surface area contributed by atoms with Crippen LogP contribution in [-0.2, 0) is 11.2 Å². The molecule has 1 rings (SSSR count). The Morgan fingerprint density at radius 1 is 1.31 bits per heavy atom. The summed E-state index contributed by atoms with van der Waals surface area (Å²) in [6, 6.07) is 2.18. The summed E-state index contributed by atoms with van der Waals surface area (Å²) in [5, 5.41) is 7.73. The second-order valence-electron chi connectivity index (χ2n) is 4.45. The number of rotatable bonds is 8. The van der Waals surface area contributed by atoms with Gasteiger partial charge in [0.15, 0.2) is 0 Å². The van der Waals surface area contributed by atoms with Crippen molar-refractivity contribution >= 4 is 11.3 Å². The first-order valence-corrected chi connectivity index (χ1v) is 6.98. The van der Waals surface area contributed by atoms with E-state index in [2.05, 4.69) is 42.9 Å². The second kappa shape index (κ2) is 7.82. The maximum atomic E-state index is 5.68. The second-order valence-corrected chi connectivity index (χ2v) is 5.23. The molecule has 0 aliphatic heterocycles. The van der Waals surface area contributed by atoms with Gasteiger partial charge in [-0.3, -0.25) is 0 Å². The molecule has 0 aliphatic carbocycles. The predicted octanol–water partition coefficient (Wildman–Crippen LogP) is 2.94. The first-order valence-electron chi connectivity index (χ1n) is 6.03. The van der Waals surface area contributed by atoms with E-state index in [1.165, 1.54) is 5.56 Å². The molecule has 1 aromatic heterocycles. The number of nitrogens with one attached hydrogen (secondary N) is 1. The van der Waals surface area contributed by atoms with Gasteiger partial charge in [-0.15, -0.1) is 0 Å². The van der Waals surface area contributed by atoms with Crippen LogP contribution < -0.4 is 5.32 Å². The molecule has 0 saturated heterocycles. The lowest BCUT2D eigenvalue weighted by molar-refractivity contribution is 0.0375. The van der Waals surface area contributed by atoms with Crippen molar-refractivity contribution in [3.8, 4) is 0 Å². The van der Waals surface area contributed by atoms with Crippen molar-refractivity contribution in [2.45, 2.75) is 33.3 Å². The van der Waals surface area contributed by atoms with Gasteiger partial charge in [0.25, 0.3) is 0 Å². The Morgan fingerprint density at radius 3 is 2.75 bits per heavy atom. The standard InChI is InChI=1S/C13H23NOS/c1-11(2)12(3)15-8-7-14-6-4-13-5-9-16-10-13/h5,9-12,14H,4,6-8H2,1-3H3. The van der Waals surface area contributed by atoms with Gasteiger partial charge in [0, 0.05) is 6.54 Å². The summed E-state index contributed by atoms with van der Waals surface area (Å²) in [5.41, 5.74) is 1.42. The molecular weight excluding hydrogens is 218 g/mol. The molecular formula is C13H23NOS. The Morgan fingerprint density at radius 2 is 2.12 bits per heavy atom. The zero-order valence-corrected chi connectivity index (χ0v) is 11.3. The highest BCUT2D eigenvalue weighted by Gasteiger charge is 2.05. The van der Waals surface area contributed by atoms with Crippen LogP contribution >= 0.6 is 11.3 Å². The minimum atomic E-state index is 0.360. The highest BCUT2D eigenvalue weighted by Crippen LogP contribution is 2.06. The Hall–Kier alpha value is -0.380. The molecule has 16 heavy (non-hydrogen) atoms. The SMILES string of the molecule is CC(C)C(C)OCCNCCc1ccsc1. The fourth-order valence-electron chi connectivity index (χ4n) is 1.30. The first-order chi connectivity index (χ1) is 7.70. The molecule has 0 spiro atoms. The van der Waals surface area contributed by atoms with Crippen LogP contribution in [0.2, 0.25) is 0 Å². The minimum absolute atomic E-state index is 0.360. The molecule has 0 aliphatic rings. The van der Waals surface area contributed by atoms with Crippen LogP contribution in [-0.4, -0.2) is 25.8 Å². The molecule has 1 N–H and O–H groups in total. The van der Waals surface area contributed by atoms with Crippen molar-refractivity contribution in [1.29, 1.82) is 0 Å². The zero-order chi connectivity index (χ0) is 11.8. The summed E-state index contributed by atoms with van der Waals surface area (Å²) in [4.78, 5) is 0. The van der Waals surface area contributed by atoms with Gasteiger partial charge in [0.2, 0.25) is 0 Å². The number of hydrogen-bond donors (Lipinski definition) is 1. The van der Waals surface area contributed by atoms with Gasteiger partial charge in [0.1, 0.15) is 0 Å². The summed E-state index contributed by atoms with van der Waals surface area (Å²) in [7, 11) is 0. The molecule has 1 unspecified atom stereocenters. The summed E-state index contributed by atoms with van der Waals surface area (Å²) in [6.07, 6.45) is 1.47. The summed E-state index contributed by atoms with van der Waals surface area (Å²) < 4.78 is 5.68. The smallest absolute Gasteiger partial charge is 0.0594 e. The summed E-state index contributed by atoms with van der Waals surface area (Å²) >= 11 is 1.76. The summed E-state index contributed by atoms with van der Waals surface area (Å²) in [6.45, 7) is 9.31. The molecule has 0 aromatic carbocycles. The predicted molar refractivity (Wildman–Crippen MR) is 71.1 cm³/mol. The van der Waals surface area contributed by atoms with E-state index in [4.69, 9.17) is 4.74 Å². The van der Waals surface area contributed by atoms with Crippen molar-refractivity contribution in [2.75, 3.05) is 19.7 Å². The Bertz CT molecular complexity index is 259. The van der Waals surface area contributed by atoms with Crippen LogP contribution in [0, 0.1) is 5.92 Å². The third-order valence-corrected chi connectivity index (χ3v) is 3.50. The van der Waals surface area contributed by atoms with E-state index >= 15 is 0 Å². The third-order valence-electron chi connectivity index (χ3n) is 2.77. The number of thiophene rings is 1. The number of hydrogen-bond acceptors (Lipinski definition) is 3. The Labute approximate surface area is 103 Å². The van der Waals surface area contributed by atoms with Crippen LogP contribution in [0.4, 0.5) is 0 Å². The summed E-state index contributed by atoms with van der Waals surface area (Å²) in [5.74, 6) is 0.603. The third kappa shape index (κ3) is 5.64. The lowest BCUT2D eigenvalue weighted by atomic mass is 10.1. The van der Waals surface area contributed by atoms with Gasteiger partial charge in [0.05, 0.1) is 12.7 Å². The largest absolute Gasteiger partial charge is 0.377 e. The molecule has 0 bridgehead atoms.